The fourth-order valence-corrected chi connectivity index (χ4v) is 0.839. The van der Waals surface area contributed by atoms with Crippen LogP contribution in [0.25, 0.3) is 0 Å². The summed E-state index contributed by atoms with van der Waals surface area (Å²) in [4.78, 5) is 3.71. The molecule has 0 fully saturated rings. The van der Waals surface area contributed by atoms with Gasteiger partial charge in [0, 0.05) is 6.07 Å². The van der Waals surface area contributed by atoms with Crippen molar-refractivity contribution >= 4 is 5.82 Å². The summed E-state index contributed by atoms with van der Waals surface area (Å²) in [7, 11) is 1.41. The van der Waals surface area contributed by atoms with E-state index in [-0.39, 0.29) is 11.6 Å². The summed E-state index contributed by atoms with van der Waals surface area (Å²) >= 11 is 0. The summed E-state index contributed by atoms with van der Waals surface area (Å²) in [6.07, 6.45) is -1.25. The first-order chi connectivity index (χ1) is 6.63. The molecule has 0 spiro atoms. The molecule has 4 nitrogen and oxygen atoms in total. The van der Waals surface area contributed by atoms with Crippen molar-refractivity contribution in [2.75, 3.05) is 19.5 Å². The van der Waals surface area contributed by atoms with E-state index >= 15 is 0 Å². The fourth-order valence-electron chi connectivity index (χ4n) is 0.839. The lowest BCUT2D eigenvalue weighted by atomic mass is 10.4. The van der Waals surface area contributed by atoms with E-state index in [1.54, 1.807) is 0 Å². The largest absolute Gasteiger partial charge is 0.493 e. The number of rotatable bonds is 4. The summed E-state index contributed by atoms with van der Waals surface area (Å²) in [5.41, 5.74) is 5.42. The molecule has 78 valence electrons. The predicted molar refractivity (Wildman–Crippen MR) is 46.7 cm³/mol. The third-order valence-corrected chi connectivity index (χ3v) is 1.45. The van der Waals surface area contributed by atoms with Crippen molar-refractivity contribution in [1.29, 1.82) is 0 Å². The Labute approximate surface area is 79.6 Å². The van der Waals surface area contributed by atoms with E-state index in [2.05, 4.69) is 4.98 Å². The SMILES string of the molecule is COc1cc(OCC(F)F)cnc1N. The van der Waals surface area contributed by atoms with Crippen molar-refractivity contribution in [3.63, 3.8) is 0 Å². The number of ether oxygens (including phenoxy) is 2. The number of hydrogen-bond acceptors (Lipinski definition) is 4. The number of pyridine rings is 1. The Morgan fingerprint density at radius 2 is 2.29 bits per heavy atom. The number of nitrogen functional groups attached to an aromatic ring is 1. The Hall–Kier alpha value is -1.59. The molecule has 0 aliphatic rings. The van der Waals surface area contributed by atoms with Crippen LogP contribution in [0.15, 0.2) is 12.3 Å². The van der Waals surface area contributed by atoms with E-state index in [0.29, 0.717) is 5.75 Å². The van der Waals surface area contributed by atoms with Gasteiger partial charge in [0.15, 0.2) is 11.6 Å². The van der Waals surface area contributed by atoms with Crippen molar-refractivity contribution < 1.29 is 18.3 Å². The Balaban J connectivity index is 2.69. The van der Waals surface area contributed by atoms with Gasteiger partial charge < -0.3 is 15.2 Å². The Morgan fingerprint density at radius 3 is 2.86 bits per heavy atom. The van der Waals surface area contributed by atoms with Gasteiger partial charge in [0.1, 0.15) is 12.4 Å². The summed E-state index contributed by atoms with van der Waals surface area (Å²) in [5, 5.41) is 0. The summed E-state index contributed by atoms with van der Waals surface area (Å²) in [5.74, 6) is 0.699. The molecule has 0 bridgehead atoms. The number of nitrogens with zero attached hydrogens (tertiary/aromatic N) is 1. The molecule has 14 heavy (non-hydrogen) atoms. The van der Waals surface area contributed by atoms with E-state index in [9.17, 15) is 8.78 Å². The van der Waals surface area contributed by atoms with E-state index in [1.807, 2.05) is 0 Å². The second kappa shape index (κ2) is 4.59. The molecule has 0 radical (unpaired) electrons. The number of hydrogen-bond donors (Lipinski definition) is 1. The minimum Gasteiger partial charge on any atom is -0.493 e. The molecule has 2 N–H and O–H groups in total. The van der Waals surface area contributed by atoms with Crippen LogP contribution in [0.2, 0.25) is 0 Å². The van der Waals surface area contributed by atoms with E-state index in [4.69, 9.17) is 15.2 Å². The topological polar surface area (TPSA) is 57.4 Å². The average Bonchev–Trinajstić information content (AvgIpc) is 2.16. The summed E-state index contributed by atoms with van der Waals surface area (Å²) < 4.78 is 33.1. The minimum atomic E-state index is -2.52. The Kier molecular flexibility index (Phi) is 3.44. The lowest BCUT2D eigenvalue weighted by Crippen LogP contribution is -2.07. The van der Waals surface area contributed by atoms with Crippen LogP contribution in [0.4, 0.5) is 14.6 Å². The zero-order valence-corrected chi connectivity index (χ0v) is 7.54. The lowest BCUT2D eigenvalue weighted by Gasteiger charge is -2.07. The van der Waals surface area contributed by atoms with Crippen molar-refractivity contribution in [2.24, 2.45) is 0 Å². The van der Waals surface area contributed by atoms with Crippen LogP contribution in [0.1, 0.15) is 0 Å². The van der Waals surface area contributed by atoms with Gasteiger partial charge in [-0.15, -0.1) is 0 Å². The van der Waals surface area contributed by atoms with Gasteiger partial charge in [-0.3, -0.25) is 0 Å². The normalized spacial score (nSPS) is 10.3. The monoisotopic (exact) mass is 204 g/mol. The maximum absolute atomic E-state index is 11.8. The molecule has 0 unspecified atom stereocenters. The molecule has 1 aromatic rings. The summed E-state index contributed by atoms with van der Waals surface area (Å²) in [6.45, 7) is -0.672. The zero-order chi connectivity index (χ0) is 10.6. The van der Waals surface area contributed by atoms with Crippen LogP contribution in [-0.4, -0.2) is 25.1 Å². The van der Waals surface area contributed by atoms with Crippen LogP contribution < -0.4 is 15.2 Å². The molecule has 1 aromatic heterocycles. The maximum Gasteiger partial charge on any atom is 0.272 e. The second-order valence-electron chi connectivity index (χ2n) is 2.46. The molecule has 0 aromatic carbocycles. The molecular weight excluding hydrogens is 194 g/mol. The van der Waals surface area contributed by atoms with Gasteiger partial charge in [0.2, 0.25) is 0 Å². The van der Waals surface area contributed by atoms with Gasteiger partial charge in [0.25, 0.3) is 6.43 Å². The highest BCUT2D eigenvalue weighted by Crippen LogP contribution is 2.23. The Morgan fingerprint density at radius 1 is 1.57 bits per heavy atom. The lowest BCUT2D eigenvalue weighted by molar-refractivity contribution is 0.0816. The van der Waals surface area contributed by atoms with E-state index < -0.39 is 13.0 Å². The van der Waals surface area contributed by atoms with Crippen molar-refractivity contribution in [1.82, 2.24) is 4.98 Å². The van der Waals surface area contributed by atoms with E-state index in [1.165, 1.54) is 19.4 Å². The van der Waals surface area contributed by atoms with Gasteiger partial charge in [0.05, 0.1) is 13.3 Å². The highest BCUT2D eigenvalue weighted by molar-refractivity contribution is 5.48. The van der Waals surface area contributed by atoms with Gasteiger partial charge in [-0.25, -0.2) is 13.8 Å². The minimum absolute atomic E-state index is 0.192. The number of halogens is 2. The molecule has 1 heterocycles. The third-order valence-electron chi connectivity index (χ3n) is 1.45. The van der Waals surface area contributed by atoms with Crippen molar-refractivity contribution in [3.05, 3.63) is 12.3 Å². The maximum atomic E-state index is 11.8. The molecule has 0 saturated carbocycles. The molecular formula is C8H10F2N2O2. The number of alkyl halides is 2. The summed E-state index contributed by atoms with van der Waals surface area (Å²) in [6, 6.07) is 1.41. The van der Waals surface area contributed by atoms with Gasteiger partial charge in [-0.1, -0.05) is 0 Å². The van der Waals surface area contributed by atoms with Crippen LogP contribution in [0.5, 0.6) is 11.5 Å². The van der Waals surface area contributed by atoms with Gasteiger partial charge >= 0.3 is 0 Å². The molecule has 0 amide bonds. The smallest absolute Gasteiger partial charge is 0.272 e. The average molecular weight is 204 g/mol. The molecule has 1 rings (SSSR count). The molecule has 0 aliphatic heterocycles. The number of nitrogens with two attached hydrogens (primary N) is 1. The quantitative estimate of drug-likeness (QED) is 0.803. The van der Waals surface area contributed by atoms with Gasteiger partial charge in [-0.05, 0) is 0 Å². The highest BCUT2D eigenvalue weighted by Gasteiger charge is 2.06. The molecule has 0 aliphatic carbocycles. The van der Waals surface area contributed by atoms with Crippen molar-refractivity contribution in [2.45, 2.75) is 6.43 Å². The van der Waals surface area contributed by atoms with Crippen molar-refractivity contribution in [3.8, 4) is 11.5 Å². The van der Waals surface area contributed by atoms with Crippen LogP contribution >= 0.6 is 0 Å². The predicted octanol–water partition coefficient (Wildman–Crippen LogP) is 1.32. The fraction of sp³-hybridized carbons (Fsp3) is 0.375. The molecule has 0 saturated heterocycles. The van der Waals surface area contributed by atoms with Crippen LogP contribution in [0, 0.1) is 0 Å². The number of anilines is 1. The molecule has 6 heteroatoms. The van der Waals surface area contributed by atoms with E-state index in [0.717, 1.165) is 0 Å². The second-order valence-corrected chi connectivity index (χ2v) is 2.46. The Bertz CT molecular complexity index is 307. The third kappa shape index (κ3) is 2.72. The first-order valence-corrected chi connectivity index (χ1v) is 3.84. The molecule has 0 atom stereocenters. The number of aromatic nitrogens is 1. The zero-order valence-electron chi connectivity index (χ0n) is 7.54. The van der Waals surface area contributed by atoms with Gasteiger partial charge in [-0.2, -0.15) is 0 Å². The van der Waals surface area contributed by atoms with Crippen LogP contribution in [-0.2, 0) is 0 Å². The highest BCUT2D eigenvalue weighted by atomic mass is 19.3. The number of methoxy groups -OCH3 is 1. The first-order valence-electron chi connectivity index (χ1n) is 3.84. The van der Waals surface area contributed by atoms with Crippen LogP contribution in [0.3, 0.4) is 0 Å². The standard InChI is InChI=1S/C8H10F2N2O2/c1-13-6-2-5(3-12-8(6)11)14-4-7(9)10/h2-3,7H,4H2,1H3,(H2,11,12). The first kappa shape index (κ1) is 10.5.